The van der Waals surface area contributed by atoms with E-state index in [1.165, 1.54) is 18.2 Å². The zero-order valence-corrected chi connectivity index (χ0v) is 12.3. The number of ether oxygens (including phenoxy) is 1. The Morgan fingerprint density at radius 2 is 2.32 bits per heavy atom. The molecule has 0 unspecified atom stereocenters. The summed E-state index contributed by atoms with van der Waals surface area (Å²) in [6.07, 6.45) is 5.27. The van der Waals surface area contributed by atoms with Gasteiger partial charge in [0, 0.05) is 12.6 Å². The third-order valence-corrected chi connectivity index (χ3v) is 3.82. The van der Waals surface area contributed by atoms with Gasteiger partial charge in [0.2, 0.25) is 5.88 Å². The van der Waals surface area contributed by atoms with Crippen LogP contribution < -0.4 is 9.64 Å². The van der Waals surface area contributed by atoms with E-state index in [0.717, 1.165) is 25.2 Å². The molecule has 2 heterocycles. The summed E-state index contributed by atoms with van der Waals surface area (Å²) in [7, 11) is 0. The van der Waals surface area contributed by atoms with E-state index in [-0.39, 0.29) is 12.6 Å². The Kier molecular flexibility index (Phi) is 5.27. The largest absolute Gasteiger partial charge is 0.478 e. The Labute approximate surface area is 118 Å². The molecule has 0 amide bonds. The standard InChI is InChI=1S/C13H21N3O2S/c1-3-18-12-8-11(14-13(15-12)19-2)16-7-5-4-6-10(16)9-17/h8,10,17H,3-7,9H2,1-2H3/t10-/m1/s1. The second kappa shape index (κ2) is 6.96. The molecule has 1 aromatic heterocycles. The van der Waals surface area contributed by atoms with Gasteiger partial charge in [0.15, 0.2) is 5.16 Å². The van der Waals surface area contributed by atoms with Crippen LogP contribution in [0.15, 0.2) is 11.2 Å². The minimum Gasteiger partial charge on any atom is -0.478 e. The summed E-state index contributed by atoms with van der Waals surface area (Å²) in [4.78, 5) is 11.0. The van der Waals surface area contributed by atoms with Crippen molar-refractivity contribution >= 4 is 17.6 Å². The number of nitrogens with zero attached hydrogens (tertiary/aromatic N) is 3. The van der Waals surface area contributed by atoms with E-state index in [1.807, 2.05) is 19.2 Å². The molecule has 1 aliphatic rings. The van der Waals surface area contributed by atoms with Crippen molar-refractivity contribution in [2.24, 2.45) is 0 Å². The van der Waals surface area contributed by atoms with E-state index in [2.05, 4.69) is 14.9 Å². The number of piperidine rings is 1. The molecule has 1 aromatic rings. The number of anilines is 1. The number of rotatable bonds is 5. The van der Waals surface area contributed by atoms with E-state index < -0.39 is 0 Å². The molecule has 0 radical (unpaired) electrons. The third kappa shape index (κ3) is 3.51. The predicted octanol–water partition coefficient (Wildman–Crippen LogP) is 1.95. The van der Waals surface area contributed by atoms with E-state index in [9.17, 15) is 5.11 Å². The average Bonchev–Trinajstić information content (AvgIpc) is 2.47. The van der Waals surface area contributed by atoms with Crippen LogP contribution in [-0.4, -0.2) is 47.1 Å². The molecule has 1 atom stereocenters. The van der Waals surface area contributed by atoms with Crippen LogP contribution in [0, 0.1) is 0 Å². The van der Waals surface area contributed by atoms with Crippen LogP contribution in [0.5, 0.6) is 5.88 Å². The Morgan fingerprint density at radius 3 is 3.00 bits per heavy atom. The number of hydrogen-bond donors (Lipinski definition) is 1. The fourth-order valence-electron chi connectivity index (χ4n) is 2.34. The monoisotopic (exact) mass is 283 g/mol. The summed E-state index contributed by atoms with van der Waals surface area (Å²) in [5.74, 6) is 1.47. The van der Waals surface area contributed by atoms with Crippen LogP contribution >= 0.6 is 11.8 Å². The van der Waals surface area contributed by atoms with Crippen molar-refractivity contribution in [3.05, 3.63) is 6.07 Å². The van der Waals surface area contributed by atoms with Crippen molar-refractivity contribution in [2.75, 3.05) is 30.9 Å². The van der Waals surface area contributed by atoms with Gasteiger partial charge >= 0.3 is 0 Å². The highest BCUT2D eigenvalue weighted by molar-refractivity contribution is 7.98. The van der Waals surface area contributed by atoms with Gasteiger partial charge in [-0.15, -0.1) is 0 Å². The molecule has 1 N–H and O–H groups in total. The van der Waals surface area contributed by atoms with Crippen molar-refractivity contribution in [3.63, 3.8) is 0 Å². The first-order valence-electron chi connectivity index (χ1n) is 6.71. The molecule has 19 heavy (non-hydrogen) atoms. The SMILES string of the molecule is CCOc1cc(N2CCCC[C@@H]2CO)nc(SC)n1. The molecule has 0 spiro atoms. The van der Waals surface area contributed by atoms with Gasteiger partial charge in [-0.3, -0.25) is 0 Å². The van der Waals surface area contributed by atoms with Crippen molar-refractivity contribution in [3.8, 4) is 5.88 Å². The van der Waals surface area contributed by atoms with Crippen LogP contribution in [0.3, 0.4) is 0 Å². The van der Waals surface area contributed by atoms with Crippen LogP contribution in [-0.2, 0) is 0 Å². The van der Waals surface area contributed by atoms with E-state index >= 15 is 0 Å². The predicted molar refractivity (Wildman–Crippen MR) is 77.1 cm³/mol. The van der Waals surface area contributed by atoms with Crippen molar-refractivity contribution < 1.29 is 9.84 Å². The molecule has 1 saturated heterocycles. The van der Waals surface area contributed by atoms with Crippen molar-refractivity contribution in [1.29, 1.82) is 0 Å². The zero-order valence-electron chi connectivity index (χ0n) is 11.5. The summed E-state index contributed by atoms with van der Waals surface area (Å²) >= 11 is 1.50. The molecule has 5 nitrogen and oxygen atoms in total. The smallest absolute Gasteiger partial charge is 0.219 e. The Bertz CT molecular complexity index is 417. The molecule has 0 saturated carbocycles. The van der Waals surface area contributed by atoms with E-state index in [1.54, 1.807) is 0 Å². The maximum Gasteiger partial charge on any atom is 0.219 e. The second-order valence-corrected chi connectivity index (χ2v) is 5.28. The normalized spacial score (nSPS) is 19.5. The Hall–Kier alpha value is -1.01. The highest BCUT2D eigenvalue weighted by Gasteiger charge is 2.24. The lowest BCUT2D eigenvalue weighted by Crippen LogP contribution is -2.42. The highest BCUT2D eigenvalue weighted by Crippen LogP contribution is 2.27. The van der Waals surface area contributed by atoms with E-state index in [0.29, 0.717) is 17.6 Å². The molecular weight excluding hydrogens is 262 g/mol. The molecule has 6 heteroatoms. The maximum absolute atomic E-state index is 9.50. The minimum atomic E-state index is 0.160. The first-order valence-corrected chi connectivity index (χ1v) is 7.94. The van der Waals surface area contributed by atoms with Crippen molar-refractivity contribution in [1.82, 2.24) is 9.97 Å². The van der Waals surface area contributed by atoms with Crippen molar-refractivity contribution in [2.45, 2.75) is 37.4 Å². The second-order valence-electron chi connectivity index (χ2n) is 4.51. The van der Waals surface area contributed by atoms with Gasteiger partial charge in [0.05, 0.1) is 19.3 Å². The summed E-state index contributed by atoms with van der Waals surface area (Å²) < 4.78 is 5.50. The summed E-state index contributed by atoms with van der Waals surface area (Å²) in [5.41, 5.74) is 0. The van der Waals surface area contributed by atoms with Gasteiger partial charge in [-0.05, 0) is 32.4 Å². The fourth-order valence-corrected chi connectivity index (χ4v) is 2.71. The van der Waals surface area contributed by atoms with Gasteiger partial charge in [0.1, 0.15) is 5.82 Å². The topological polar surface area (TPSA) is 58.5 Å². The quantitative estimate of drug-likeness (QED) is 0.658. The number of aliphatic hydroxyl groups excluding tert-OH is 1. The number of hydrogen-bond acceptors (Lipinski definition) is 6. The van der Waals surface area contributed by atoms with Crippen LogP contribution in [0.4, 0.5) is 5.82 Å². The van der Waals surface area contributed by atoms with Crippen LogP contribution in [0.2, 0.25) is 0 Å². The highest BCUT2D eigenvalue weighted by atomic mass is 32.2. The van der Waals surface area contributed by atoms with Gasteiger partial charge in [0.25, 0.3) is 0 Å². The Balaban J connectivity index is 2.28. The van der Waals surface area contributed by atoms with E-state index in [4.69, 9.17) is 4.74 Å². The lowest BCUT2D eigenvalue weighted by Gasteiger charge is -2.35. The molecule has 1 fully saturated rings. The Morgan fingerprint density at radius 1 is 1.47 bits per heavy atom. The van der Waals surface area contributed by atoms with Gasteiger partial charge in [-0.2, -0.15) is 4.98 Å². The number of aliphatic hydroxyl groups is 1. The molecule has 106 valence electrons. The number of thioether (sulfide) groups is 1. The first-order chi connectivity index (χ1) is 9.28. The molecular formula is C13H21N3O2S. The molecule has 2 rings (SSSR count). The zero-order chi connectivity index (χ0) is 13.7. The number of aromatic nitrogens is 2. The molecule has 0 aliphatic carbocycles. The summed E-state index contributed by atoms with van der Waals surface area (Å²) in [6.45, 7) is 3.63. The molecule has 0 aromatic carbocycles. The molecule has 1 aliphatic heterocycles. The lowest BCUT2D eigenvalue weighted by molar-refractivity contribution is 0.239. The first kappa shape index (κ1) is 14.4. The third-order valence-electron chi connectivity index (χ3n) is 3.28. The van der Waals surface area contributed by atoms with Gasteiger partial charge in [-0.1, -0.05) is 11.8 Å². The summed E-state index contributed by atoms with van der Waals surface area (Å²) in [6, 6.07) is 2.03. The minimum absolute atomic E-state index is 0.160. The maximum atomic E-state index is 9.50. The average molecular weight is 283 g/mol. The van der Waals surface area contributed by atoms with Gasteiger partial charge in [-0.25, -0.2) is 4.98 Å². The molecule has 0 bridgehead atoms. The van der Waals surface area contributed by atoms with Crippen LogP contribution in [0.25, 0.3) is 0 Å². The summed E-state index contributed by atoms with van der Waals surface area (Å²) in [5, 5.41) is 10.2. The lowest BCUT2D eigenvalue weighted by atomic mass is 10.0. The fraction of sp³-hybridized carbons (Fsp3) is 0.692. The van der Waals surface area contributed by atoms with Crippen LogP contribution in [0.1, 0.15) is 26.2 Å². The van der Waals surface area contributed by atoms with Gasteiger partial charge < -0.3 is 14.7 Å².